The number of nitrogens with zero attached hydrogens (tertiary/aromatic N) is 1. The van der Waals surface area contributed by atoms with Crippen molar-refractivity contribution in [2.75, 3.05) is 7.05 Å². The van der Waals surface area contributed by atoms with Gasteiger partial charge in [-0.3, -0.25) is 4.79 Å². The Balaban J connectivity index is 0.00000161. The first-order chi connectivity index (χ1) is 9.54. The molecule has 3 rings (SSSR count). The summed E-state index contributed by atoms with van der Waals surface area (Å²) in [5, 5.41) is 3.57. The molecular weight excluding hydrogens is 406 g/mol. The van der Waals surface area contributed by atoms with Gasteiger partial charge in [0.15, 0.2) is 0 Å². The number of rotatable bonds is 2. The van der Waals surface area contributed by atoms with Crippen molar-refractivity contribution in [2.45, 2.75) is 43.8 Å². The number of hydrogen-bond donors (Lipinski definition) is 1. The highest BCUT2D eigenvalue weighted by Gasteiger charge is 2.36. The molecule has 0 saturated carbocycles. The fourth-order valence-electron chi connectivity index (χ4n) is 3.34. The molecule has 2 bridgehead atoms. The molecular formula is C15H19ClFIN2O. The summed E-state index contributed by atoms with van der Waals surface area (Å²) < 4.78 is 14.1. The Bertz CT molecular complexity index is 530. The van der Waals surface area contributed by atoms with E-state index in [1.165, 1.54) is 18.9 Å². The minimum absolute atomic E-state index is 0. The highest BCUT2D eigenvalue weighted by atomic mass is 127. The van der Waals surface area contributed by atoms with E-state index in [1.807, 2.05) is 29.6 Å². The Morgan fingerprint density at radius 3 is 2.52 bits per heavy atom. The highest BCUT2D eigenvalue weighted by molar-refractivity contribution is 14.1. The SMILES string of the molecule is CN(C(=O)c1ccc(I)c(F)c1)C1CC2CCC(C1)N2.Cl. The predicted octanol–water partition coefficient (Wildman–Crippen LogP) is 3.21. The third-order valence-electron chi connectivity index (χ3n) is 4.48. The van der Waals surface area contributed by atoms with Crippen molar-refractivity contribution in [1.29, 1.82) is 0 Å². The van der Waals surface area contributed by atoms with Gasteiger partial charge in [0.05, 0.1) is 0 Å². The largest absolute Gasteiger partial charge is 0.339 e. The van der Waals surface area contributed by atoms with Crippen molar-refractivity contribution in [1.82, 2.24) is 10.2 Å². The first kappa shape index (κ1) is 17.0. The smallest absolute Gasteiger partial charge is 0.253 e. The molecule has 116 valence electrons. The van der Waals surface area contributed by atoms with Gasteiger partial charge < -0.3 is 10.2 Å². The molecule has 0 spiro atoms. The number of carbonyl (C=O) groups excluding carboxylic acids is 1. The molecule has 2 aliphatic heterocycles. The van der Waals surface area contributed by atoms with Crippen molar-refractivity contribution in [3.05, 3.63) is 33.1 Å². The standard InChI is InChI=1S/C15H18FIN2O.ClH/c1-19(12-7-10-3-4-11(8-12)18-10)15(20)9-2-5-14(17)13(16)6-9;/h2,5-6,10-12,18H,3-4,7-8H2,1H3;1H. The maximum absolute atomic E-state index is 13.6. The van der Waals surface area contributed by atoms with Gasteiger partial charge in [0.2, 0.25) is 0 Å². The molecule has 1 amide bonds. The lowest BCUT2D eigenvalue weighted by atomic mass is 9.98. The molecule has 0 aliphatic carbocycles. The third-order valence-corrected chi connectivity index (χ3v) is 5.36. The van der Waals surface area contributed by atoms with Crippen molar-refractivity contribution in [2.24, 2.45) is 0 Å². The topological polar surface area (TPSA) is 32.3 Å². The van der Waals surface area contributed by atoms with Gasteiger partial charge in [-0.2, -0.15) is 0 Å². The molecule has 3 nitrogen and oxygen atoms in total. The van der Waals surface area contributed by atoms with E-state index in [0.29, 0.717) is 21.2 Å². The van der Waals surface area contributed by atoms with Crippen LogP contribution in [0, 0.1) is 9.39 Å². The number of hydrogen-bond acceptors (Lipinski definition) is 2. The van der Waals surface area contributed by atoms with Crippen molar-refractivity contribution >= 4 is 40.9 Å². The van der Waals surface area contributed by atoms with Crippen LogP contribution in [-0.2, 0) is 0 Å². The average Bonchev–Trinajstić information content (AvgIpc) is 2.79. The molecule has 21 heavy (non-hydrogen) atoms. The van der Waals surface area contributed by atoms with E-state index in [0.717, 1.165) is 12.8 Å². The Labute approximate surface area is 144 Å². The van der Waals surface area contributed by atoms with E-state index in [1.54, 1.807) is 17.0 Å². The fourth-order valence-corrected chi connectivity index (χ4v) is 3.68. The summed E-state index contributed by atoms with van der Waals surface area (Å²) >= 11 is 1.93. The van der Waals surface area contributed by atoms with E-state index < -0.39 is 0 Å². The van der Waals surface area contributed by atoms with Crippen LogP contribution >= 0.6 is 35.0 Å². The summed E-state index contributed by atoms with van der Waals surface area (Å²) in [6.45, 7) is 0. The summed E-state index contributed by atoms with van der Waals surface area (Å²) in [4.78, 5) is 14.3. The van der Waals surface area contributed by atoms with Crippen LogP contribution in [0.2, 0.25) is 0 Å². The number of benzene rings is 1. The van der Waals surface area contributed by atoms with Gasteiger partial charge in [0.1, 0.15) is 5.82 Å². The van der Waals surface area contributed by atoms with E-state index in [-0.39, 0.29) is 30.2 Å². The van der Waals surface area contributed by atoms with Crippen LogP contribution in [0.3, 0.4) is 0 Å². The average molecular weight is 425 g/mol. The van der Waals surface area contributed by atoms with Crippen molar-refractivity contribution in [3.63, 3.8) is 0 Å². The van der Waals surface area contributed by atoms with Crippen LogP contribution in [-0.4, -0.2) is 36.0 Å². The van der Waals surface area contributed by atoms with Crippen LogP contribution in [0.1, 0.15) is 36.0 Å². The number of fused-ring (bicyclic) bond motifs is 2. The van der Waals surface area contributed by atoms with Gasteiger partial charge in [0, 0.05) is 34.3 Å². The second kappa shape index (κ2) is 6.79. The normalized spacial score (nSPS) is 27.1. The zero-order chi connectivity index (χ0) is 14.3. The zero-order valence-corrected chi connectivity index (χ0v) is 14.8. The molecule has 2 heterocycles. The van der Waals surface area contributed by atoms with Crippen LogP contribution in [0.4, 0.5) is 4.39 Å². The van der Waals surface area contributed by atoms with Gasteiger partial charge in [-0.1, -0.05) is 0 Å². The van der Waals surface area contributed by atoms with E-state index >= 15 is 0 Å². The lowest BCUT2D eigenvalue weighted by Gasteiger charge is -2.35. The summed E-state index contributed by atoms with van der Waals surface area (Å²) in [6, 6.07) is 6.06. The quantitative estimate of drug-likeness (QED) is 0.740. The Hall–Kier alpha value is -0.400. The molecule has 1 N–H and O–H groups in total. The molecule has 1 aromatic carbocycles. The molecule has 2 unspecified atom stereocenters. The van der Waals surface area contributed by atoms with Crippen LogP contribution in [0.25, 0.3) is 0 Å². The fraction of sp³-hybridized carbons (Fsp3) is 0.533. The van der Waals surface area contributed by atoms with Crippen molar-refractivity contribution in [3.8, 4) is 0 Å². The van der Waals surface area contributed by atoms with Crippen LogP contribution in [0.15, 0.2) is 18.2 Å². The second-order valence-corrected chi connectivity index (χ2v) is 6.97. The second-order valence-electron chi connectivity index (χ2n) is 5.81. The predicted molar refractivity (Wildman–Crippen MR) is 91.4 cm³/mol. The lowest BCUT2D eigenvalue weighted by Crippen LogP contribution is -2.48. The third kappa shape index (κ3) is 3.51. The summed E-state index contributed by atoms with van der Waals surface area (Å²) in [5.41, 5.74) is 0.441. The molecule has 2 saturated heterocycles. The summed E-state index contributed by atoms with van der Waals surface area (Å²) in [5.74, 6) is -0.401. The molecule has 2 atom stereocenters. The van der Waals surface area contributed by atoms with Gasteiger partial charge in [-0.05, 0) is 66.5 Å². The number of halogens is 3. The van der Waals surface area contributed by atoms with Gasteiger partial charge in [0.25, 0.3) is 5.91 Å². The highest BCUT2D eigenvalue weighted by Crippen LogP contribution is 2.30. The molecule has 2 aliphatic rings. The Kier molecular flexibility index (Phi) is 5.48. The van der Waals surface area contributed by atoms with Gasteiger partial charge in [-0.25, -0.2) is 4.39 Å². The van der Waals surface area contributed by atoms with Gasteiger partial charge >= 0.3 is 0 Å². The van der Waals surface area contributed by atoms with E-state index in [9.17, 15) is 9.18 Å². The van der Waals surface area contributed by atoms with Crippen LogP contribution in [0.5, 0.6) is 0 Å². The molecule has 6 heteroatoms. The van der Waals surface area contributed by atoms with Gasteiger partial charge in [-0.15, -0.1) is 12.4 Å². The van der Waals surface area contributed by atoms with E-state index in [2.05, 4.69) is 5.32 Å². The monoisotopic (exact) mass is 424 g/mol. The number of piperidine rings is 1. The maximum Gasteiger partial charge on any atom is 0.253 e. The number of amides is 1. The zero-order valence-electron chi connectivity index (χ0n) is 11.8. The van der Waals surface area contributed by atoms with E-state index in [4.69, 9.17) is 0 Å². The minimum Gasteiger partial charge on any atom is -0.339 e. The summed E-state index contributed by atoms with van der Waals surface area (Å²) in [7, 11) is 1.84. The summed E-state index contributed by atoms with van der Waals surface area (Å²) in [6.07, 6.45) is 4.43. The molecule has 0 aromatic heterocycles. The Morgan fingerprint density at radius 2 is 1.95 bits per heavy atom. The minimum atomic E-state index is -0.324. The molecule has 2 fully saturated rings. The Morgan fingerprint density at radius 1 is 1.33 bits per heavy atom. The molecule has 0 radical (unpaired) electrons. The first-order valence-corrected chi connectivity index (χ1v) is 8.10. The lowest BCUT2D eigenvalue weighted by molar-refractivity contribution is 0.0681. The first-order valence-electron chi connectivity index (χ1n) is 7.03. The maximum atomic E-state index is 13.6. The number of nitrogens with one attached hydrogen (secondary N) is 1. The number of carbonyl (C=O) groups is 1. The molecule has 1 aromatic rings. The van der Waals surface area contributed by atoms with Crippen molar-refractivity contribution < 1.29 is 9.18 Å². The van der Waals surface area contributed by atoms with Crippen LogP contribution < -0.4 is 5.32 Å².